The quantitative estimate of drug-likeness (QED) is 0.509. The van der Waals surface area contributed by atoms with E-state index in [0.717, 1.165) is 37.7 Å². The molecule has 1 aromatic rings. The largest absolute Gasteiger partial charge is 0.504 e. The van der Waals surface area contributed by atoms with Gasteiger partial charge < -0.3 is 15.3 Å². The first-order chi connectivity index (χ1) is 10.9. The molecule has 3 aliphatic rings. The van der Waals surface area contributed by atoms with Crippen molar-refractivity contribution in [1.82, 2.24) is 0 Å². The van der Waals surface area contributed by atoms with Gasteiger partial charge >= 0.3 is 0 Å². The van der Waals surface area contributed by atoms with E-state index in [1.54, 1.807) is 12.1 Å². The van der Waals surface area contributed by atoms with Crippen molar-refractivity contribution >= 4 is 0 Å². The van der Waals surface area contributed by atoms with Crippen molar-refractivity contribution < 1.29 is 15.3 Å². The van der Waals surface area contributed by atoms with E-state index in [2.05, 4.69) is 12.8 Å². The molecule has 0 spiro atoms. The Balaban J connectivity index is 1.74. The molecule has 0 amide bonds. The SMILES string of the molecule is C#CC1(O)CCC2[C@H]3CCc4cc(O)c(O)cc4C3CC[C@@]21C. The summed E-state index contributed by atoms with van der Waals surface area (Å²) in [7, 11) is 0. The highest BCUT2D eigenvalue weighted by Gasteiger charge is 2.61. The summed E-state index contributed by atoms with van der Waals surface area (Å²) < 4.78 is 0. The Hall–Kier alpha value is -1.66. The molecule has 3 N–H and O–H groups in total. The van der Waals surface area contributed by atoms with Crippen LogP contribution in [0.2, 0.25) is 0 Å². The third-order valence-electron chi connectivity index (χ3n) is 7.21. The van der Waals surface area contributed by atoms with Crippen molar-refractivity contribution in [2.45, 2.75) is 57.0 Å². The van der Waals surface area contributed by atoms with Crippen LogP contribution in [0.3, 0.4) is 0 Å². The van der Waals surface area contributed by atoms with Gasteiger partial charge in [0, 0.05) is 5.41 Å². The number of aliphatic hydroxyl groups is 1. The van der Waals surface area contributed by atoms with Gasteiger partial charge in [-0.15, -0.1) is 6.42 Å². The molecule has 3 nitrogen and oxygen atoms in total. The second kappa shape index (κ2) is 4.68. The summed E-state index contributed by atoms with van der Waals surface area (Å²) in [5, 5.41) is 30.6. The zero-order chi connectivity index (χ0) is 16.4. The zero-order valence-electron chi connectivity index (χ0n) is 13.5. The van der Waals surface area contributed by atoms with E-state index < -0.39 is 5.60 Å². The number of aryl methyl sites for hydroxylation is 1. The maximum atomic E-state index is 10.9. The zero-order valence-corrected chi connectivity index (χ0v) is 13.5. The van der Waals surface area contributed by atoms with E-state index in [1.165, 1.54) is 5.56 Å². The minimum absolute atomic E-state index is 0.0228. The summed E-state index contributed by atoms with van der Waals surface area (Å²) in [4.78, 5) is 0. The average Bonchev–Trinajstić information content (AvgIpc) is 2.81. The highest BCUT2D eigenvalue weighted by Crippen LogP contribution is 2.64. The fraction of sp³-hybridized carbons (Fsp3) is 0.600. The molecule has 23 heavy (non-hydrogen) atoms. The Morgan fingerprint density at radius 3 is 2.61 bits per heavy atom. The van der Waals surface area contributed by atoms with E-state index in [1.807, 2.05) is 0 Å². The number of hydrogen-bond acceptors (Lipinski definition) is 3. The number of rotatable bonds is 0. The van der Waals surface area contributed by atoms with Crippen molar-refractivity contribution in [3.8, 4) is 23.8 Å². The summed E-state index contributed by atoms with van der Waals surface area (Å²) >= 11 is 0. The van der Waals surface area contributed by atoms with Crippen molar-refractivity contribution in [1.29, 1.82) is 0 Å². The predicted molar refractivity (Wildman–Crippen MR) is 88.2 cm³/mol. The summed E-state index contributed by atoms with van der Waals surface area (Å²) in [5.74, 6) is 4.00. The van der Waals surface area contributed by atoms with Gasteiger partial charge in [-0.1, -0.05) is 12.8 Å². The van der Waals surface area contributed by atoms with Crippen molar-refractivity contribution in [2.75, 3.05) is 0 Å². The van der Waals surface area contributed by atoms with Gasteiger partial charge in [-0.2, -0.15) is 0 Å². The van der Waals surface area contributed by atoms with Crippen LogP contribution in [0.5, 0.6) is 11.5 Å². The van der Waals surface area contributed by atoms with Crippen LogP contribution in [0.25, 0.3) is 0 Å². The fourth-order valence-corrected chi connectivity index (χ4v) is 5.85. The minimum Gasteiger partial charge on any atom is -0.504 e. The van der Waals surface area contributed by atoms with Gasteiger partial charge in [-0.05, 0) is 79.5 Å². The van der Waals surface area contributed by atoms with Crippen LogP contribution >= 0.6 is 0 Å². The van der Waals surface area contributed by atoms with E-state index in [9.17, 15) is 15.3 Å². The number of aromatic hydroxyl groups is 2. The van der Waals surface area contributed by atoms with Gasteiger partial charge in [0.05, 0.1) is 0 Å². The third-order valence-corrected chi connectivity index (χ3v) is 7.21. The highest BCUT2D eigenvalue weighted by molar-refractivity contribution is 5.48. The van der Waals surface area contributed by atoms with Gasteiger partial charge in [0.2, 0.25) is 0 Å². The second-order valence-electron chi connectivity index (χ2n) is 7.95. The van der Waals surface area contributed by atoms with Crippen LogP contribution in [0.15, 0.2) is 12.1 Å². The average molecular weight is 312 g/mol. The molecule has 1 aromatic carbocycles. The Bertz CT molecular complexity index is 704. The smallest absolute Gasteiger partial charge is 0.157 e. The van der Waals surface area contributed by atoms with Crippen molar-refractivity contribution in [3.63, 3.8) is 0 Å². The lowest BCUT2D eigenvalue weighted by molar-refractivity contribution is -0.0647. The van der Waals surface area contributed by atoms with E-state index in [4.69, 9.17) is 6.42 Å². The molecular formula is C20H24O3. The maximum Gasteiger partial charge on any atom is 0.157 e. The molecule has 2 saturated carbocycles. The molecule has 0 aromatic heterocycles. The molecule has 0 bridgehead atoms. The number of benzene rings is 1. The molecule has 2 fully saturated rings. The van der Waals surface area contributed by atoms with E-state index in [0.29, 0.717) is 24.2 Å². The van der Waals surface area contributed by atoms with E-state index >= 15 is 0 Å². The molecular weight excluding hydrogens is 288 g/mol. The molecule has 3 unspecified atom stereocenters. The van der Waals surface area contributed by atoms with Gasteiger partial charge in [0.15, 0.2) is 11.5 Å². The normalized spacial score (nSPS) is 41.5. The first kappa shape index (κ1) is 14.9. The molecule has 3 heteroatoms. The molecule has 0 heterocycles. The van der Waals surface area contributed by atoms with Gasteiger partial charge in [0.25, 0.3) is 0 Å². The number of phenols is 2. The van der Waals surface area contributed by atoms with Crippen LogP contribution in [0, 0.1) is 29.6 Å². The summed E-state index contributed by atoms with van der Waals surface area (Å²) in [5.41, 5.74) is 1.18. The number of fused-ring (bicyclic) bond motifs is 5. The predicted octanol–water partition coefficient (Wildman–Crippen LogP) is 3.32. The van der Waals surface area contributed by atoms with Crippen LogP contribution < -0.4 is 0 Å². The summed E-state index contributed by atoms with van der Waals surface area (Å²) in [6, 6.07) is 3.48. The molecule has 3 aliphatic carbocycles. The van der Waals surface area contributed by atoms with Crippen LogP contribution in [-0.4, -0.2) is 20.9 Å². The van der Waals surface area contributed by atoms with E-state index in [-0.39, 0.29) is 16.9 Å². The van der Waals surface area contributed by atoms with Crippen molar-refractivity contribution in [3.05, 3.63) is 23.3 Å². The first-order valence-corrected chi connectivity index (χ1v) is 8.64. The monoisotopic (exact) mass is 312 g/mol. The number of hydrogen-bond donors (Lipinski definition) is 3. The maximum absolute atomic E-state index is 10.9. The standard InChI is InChI=1S/C20H24O3/c1-3-20(23)9-7-16-14-5-4-12-10-17(21)18(22)11-15(12)13(14)6-8-19(16,20)2/h1,10-11,13-14,16,21-23H,4-9H2,2H3/t13?,14-,16?,19-,20?/m0/s1. The summed E-state index contributed by atoms with van der Waals surface area (Å²) in [6.45, 7) is 2.17. The lowest BCUT2D eigenvalue weighted by Crippen LogP contribution is -2.50. The molecule has 4 rings (SSSR count). The Morgan fingerprint density at radius 2 is 1.87 bits per heavy atom. The topological polar surface area (TPSA) is 60.7 Å². The van der Waals surface area contributed by atoms with Crippen LogP contribution in [0.4, 0.5) is 0 Å². The van der Waals surface area contributed by atoms with Gasteiger partial charge in [0.1, 0.15) is 5.60 Å². The molecule has 122 valence electrons. The number of terminal acetylenes is 1. The fourth-order valence-electron chi connectivity index (χ4n) is 5.85. The first-order valence-electron chi connectivity index (χ1n) is 8.64. The lowest BCUT2D eigenvalue weighted by Gasteiger charge is -2.52. The van der Waals surface area contributed by atoms with Gasteiger partial charge in [-0.3, -0.25) is 0 Å². The molecule has 0 aliphatic heterocycles. The third kappa shape index (κ3) is 1.82. The lowest BCUT2D eigenvalue weighted by atomic mass is 9.53. The Kier molecular flexibility index (Phi) is 3.03. The second-order valence-corrected chi connectivity index (χ2v) is 7.95. The molecule has 5 atom stereocenters. The van der Waals surface area contributed by atoms with Crippen LogP contribution in [0.1, 0.15) is 56.1 Å². The van der Waals surface area contributed by atoms with Gasteiger partial charge in [-0.25, -0.2) is 0 Å². The van der Waals surface area contributed by atoms with Crippen LogP contribution in [-0.2, 0) is 6.42 Å². The Morgan fingerprint density at radius 1 is 1.13 bits per heavy atom. The number of phenolic OH excluding ortho intramolecular Hbond substituents is 2. The van der Waals surface area contributed by atoms with Crippen molar-refractivity contribution in [2.24, 2.45) is 17.3 Å². The Labute approximate surface area is 137 Å². The molecule has 0 saturated heterocycles. The molecule has 0 radical (unpaired) electrons. The summed E-state index contributed by atoms with van der Waals surface area (Å²) in [6.07, 6.45) is 11.3. The highest BCUT2D eigenvalue weighted by atomic mass is 16.3. The minimum atomic E-state index is -0.972.